The van der Waals surface area contributed by atoms with Crippen molar-refractivity contribution < 1.29 is 9.90 Å². The average molecular weight is 184 g/mol. The molecule has 0 aromatic rings. The monoisotopic (exact) mass is 184 g/mol. The minimum Gasteiger partial charge on any atom is -0.396 e. The van der Waals surface area contributed by atoms with Gasteiger partial charge in [0.25, 0.3) is 0 Å². The molecule has 2 nitrogen and oxygen atoms in total. The highest BCUT2D eigenvalue weighted by Crippen LogP contribution is 2.34. The van der Waals surface area contributed by atoms with Crippen LogP contribution in [-0.4, -0.2) is 17.5 Å². The molecule has 3 atom stereocenters. The Morgan fingerprint density at radius 3 is 2.54 bits per heavy atom. The van der Waals surface area contributed by atoms with Gasteiger partial charge in [0, 0.05) is 11.8 Å². The molecule has 0 aromatic carbocycles. The van der Waals surface area contributed by atoms with Crippen molar-refractivity contribution in [3.8, 4) is 0 Å². The molecule has 1 aliphatic carbocycles. The zero-order valence-electron chi connectivity index (χ0n) is 8.79. The van der Waals surface area contributed by atoms with Gasteiger partial charge < -0.3 is 5.11 Å². The topological polar surface area (TPSA) is 37.3 Å². The Hall–Kier alpha value is -0.370. The summed E-state index contributed by atoms with van der Waals surface area (Å²) in [5.41, 5.74) is 0. The maximum atomic E-state index is 11.8. The number of carbonyl (C=O) groups excluding carboxylic acids is 1. The molecule has 0 aliphatic heterocycles. The van der Waals surface area contributed by atoms with Crippen LogP contribution in [0.5, 0.6) is 0 Å². The van der Waals surface area contributed by atoms with Gasteiger partial charge in [-0.1, -0.05) is 20.8 Å². The molecule has 1 saturated carbocycles. The highest BCUT2D eigenvalue weighted by Gasteiger charge is 2.36. The molecule has 1 N–H and O–H groups in total. The van der Waals surface area contributed by atoms with Gasteiger partial charge in [-0.15, -0.1) is 0 Å². The summed E-state index contributed by atoms with van der Waals surface area (Å²) < 4.78 is 0. The summed E-state index contributed by atoms with van der Waals surface area (Å²) in [6.45, 7) is 6.28. The van der Waals surface area contributed by atoms with Gasteiger partial charge in [0.2, 0.25) is 0 Å². The summed E-state index contributed by atoms with van der Waals surface area (Å²) in [6.07, 6.45) is 2.09. The lowest BCUT2D eigenvalue weighted by Gasteiger charge is -2.33. The van der Waals surface area contributed by atoms with Gasteiger partial charge in [0.15, 0.2) is 0 Å². The molecule has 0 spiro atoms. The van der Waals surface area contributed by atoms with E-state index >= 15 is 0 Å². The van der Waals surface area contributed by atoms with Crippen molar-refractivity contribution in [3.63, 3.8) is 0 Å². The van der Waals surface area contributed by atoms with Gasteiger partial charge >= 0.3 is 0 Å². The maximum absolute atomic E-state index is 11.8. The molecule has 1 aliphatic rings. The van der Waals surface area contributed by atoms with Crippen molar-refractivity contribution in [2.75, 3.05) is 6.61 Å². The van der Waals surface area contributed by atoms with Crippen molar-refractivity contribution in [2.24, 2.45) is 23.7 Å². The fourth-order valence-corrected chi connectivity index (χ4v) is 2.27. The Kier molecular flexibility index (Phi) is 3.48. The predicted octanol–water partition coefficient (Wildman–Crippen LogP) is 1.87. The quantitative estimate of drug-likeness (QED) is 0.711. The number of rotatable bonds is 2. The van der Waals surface area contributed by atoms with Gasteiger partial charge in [0.05, 0.1) is 6.61 Å². The number of hydrogen-bond donors (Lipinski definition) is 1. The first-order chi connectivity index (χ1) is 6.07. The van der Waals surface area contributed by atoms with Crippen molar-refractivity contribution in [3.05, 3.63) is 0 Å². The Bertz CT molecular complexity index is 183. The van der Waals surface area contributed by atoms with Crippen molar-refractivity contribution in [2.45, 2.75) is 33.6 Å². The summed E-state index contributed by atoms with van der Waals surface area (Å²) in [5, 5.41) is 9.11. The first-order valence-corrected chi connectivity index (χ1v) is 5.22. The SMILES string of the molecule is CC(C)[C@H]1CC[C@H](C)[C@@H](CO)C1=O. The van der Waals surface area contributed by atoms with E-state index in [1.165, 1.54) is 0 Å². The van der Waals surface area contributed by atoms with Crippen LogP contribution in [0.1, 0.15) is 33.6 Å². The Morgan fingerprint density at radius 1 is 1.46 bits per heavy atom. The summed E-state index contributed by atoms with van der Waals surface area (Å²) >= 11 is 0. The van der Waals surface area contributed by atoms with Crippen molar-refractivity contribution >= 4 is 5.78 Å². The second kappa shape index (κ2) is 4.23. The molecule has 0 saturated heterocycles. The van der Waals surface area contributed by atoms with E-state index < -0.39 is 0 Å². The van der Waals surface area contributed by atoms with Crippen molar-refractivity contribution in [1.82, 2.24) is 0 Å². The second-order valence-electron chi connectivity index (χ2n) is 4.60. The predicted molar refractivity (Wildman–Crippen MR) is 52.3 cm³/mol. The summed E-state index contributed by atoms with van der Waals surface area (Å²) in [4.78, 5) is 11.8. The highest BCUT2D eigenvalue weighted by atomic mass is 16.3. The average Bonchev–Trinajstić information content (AvgIpc) is 2.04. The molecule has 76 valence electrons. The van der Waals surface area contributed by atoms with E-state index in [2.05, 4.69) is 20.8 Å². The van der Waals surface area contributed by atoms with Crippen LogP contribution in [0.3, 0.4) is 0 Å². The first kappa shape index (κ1) is 10.7. The summed E-state index contributed by atoms with van der Waals surface area (Å²) in [5.74, 6) is 1.17. The van der Waals surface area contributed by atoms with Crippen molar-refractivity contribution in [1.29, 1.82) is 0 Å². The van der Waals surface area contributed by atoms with Gasteiger partial charge in [-0.3, -0.25) is 4.79 Å². The minimum atomic E-state index is -0.0962. The zero-order chi connectivity index (χ0) is 10.0. The second-order valence-corrected chi connectivity index (χ2v) is 4.60. The van der Waals surface area contributed by atoms with Crippen LogP contribution in [-0.2, 0) is 4.79 Å². The van der Waals surface area contributed by atoms with Crippen LogP contribution in [0.4, 0.5) is 0 Å². The third-order valence-electron chi connectivity index (χ3n) is 3.35. The molecule has 1 rings (SSSR count). The Morgan fingerprint density at radius 2 is 2.08 bits per heavy atom. The van der Waals surface area contributed by atoms with Crippen LogP contribution in [0.25, 0.3) is 0 Å². The summed E-state index contributed by atoms with van der Waals surface area (Å²) in [7, 11) is 0. The van der Waals surface area contributed by atoms with Crippen LogP contribution in [0.2, 0.25) is 0 Å². The van der Waals surface area contributed by atoms with E-state index in [4.69, 9.17) is 5.11 Å². The van der Waals surface area contributed by atoms with E-state index in [-0.39, 0.29) is 24.2 Å². The van der Waals surface area contributed by atoms with E-state index in [1.54, 1.807) is 0 Å². The van der Waals surface area contributed by atoms with Gasteiger partial charge in [-0.05, 0) is 24.7 Å². The molecule has 0 amide bonds. The molecule has 0 heterocycles. The molecular weight excluding hydrogens is 164 g/mol. The molecule has 0 unspecified atom stereocenters. The lowest BCUT2D eigenvalue weighted by atomic mass is 9.70. The van der Waals surface area contributed by atoms with Gasteiger partial charge in [-0.2, -0.15) is 0 Å². The lowest BCUT2D eigenvalue weighted by Crippen LogP contribution is -2.38. The third kappa shape index (κ3) is 2.11. The van der Waals surface area contributed by atoms with Crippen LogP contribution in [0.15, 0.2) is 0 Å². The minimum absolute atomic E-state index is 0.0310. The normalized spacial score (nSPS) is 35.5. The number of hydrogen-bond acceptors (Lipinski definition) is 2. The third-order valence-corrected chi connectivity index (χ3v) is 3.35. The lowest BCUT2D eigenvalue weighted by molar-refractivity contribution is -0.134. The molecular formula is C11H20O2. The largest absolute Gasteiger partial charge is 0.396 e. The van der Waals surface area contributed by atoms with E-state index in [9.17, 15) is 4.79 Å². The van der Waals surface area contributed by atoms with E-state index in [1.807, 2.05) is 0 Å². The molecule has 0 bridgehead atoms. The molecule has 13 heavy (non-hydrogen) atoms. The van der Waals surface area contributed by atoms with E-state index in [0.29, 0.717) is 11.8 Å². The fourth-order valence-electron chi connectivity index (χ4n) is 2.27. The highest BCUT2D eigenvalue weighted by molar-refractivity contribution is 5.84. The first-order valence-electron chi connectivity index (χ1n) is 5.22. The number of Topliss-reactive ketones (excluding diaryl/α,β-unsaturated/α-hetero) is 1. The molecule has 1 fully saturated rings. The number of ketones is 1. The van der Waals surface area contributed by atoms with E-state index in [0.717, 1.165) is 12.8 Å². The van der Waals surface area contributed by atoms with Crippen LogP contribution < -0.4 is 0 Å². The van der Waals surface area contributed by atoms with Crippen LogP contribution >= 0.6 is 0 Å². The molecule has 2 heteroatoms. The number of aliphatic hydroxyl groups is 1. The molecule has 0 aromatic heterocycles. The Labute approximate surface area is 80.3 Å². The number of aliphatic hydroxyl groups excluding tert-OH is 1. The fraction of sp³-hybridized carbons (Fsp3) is 0.909. The smallest absolute Gasteiger partial charge is 0.141 e. The van der Waals surface area contributed by atoms with Gasteiger partial charge in [0.1, 0.15) is 5.78 Å². The zero-order valence-corrected chi connectivity index (χ0v) is 8.79. The maximum Gasteiger partial charge on any atom is 0.141 e. The number of carbonyl (C=O) groups is 1. The van der Waals surface area contributed by atoms with Crippen LogP contribution in [0, 0.1) is 23.7 Å². The Balaban J connectivity index is 2.69. The summed E-state index contributed by atoms with van der Waals surface area (Å²) in [6, 6.07) is 0. The standard InChI is InChI=1S/C11H20O2/c1-7(2)9-5-4-8(3)10(6-12)11(9)13/h7-10,12H,4-6H2,1-3H3/t8-,9+,10+/m0/s1. The van der Waals surface area contributed by atoms with Gasteiger partial charge in [-0.25, -0.2) is 0 Å². The molecule has 0 radical (unpaired) electrons.